The minimum atomic E-state index is -3.51. The molecule has 0 radical (unpaired) electrons. The first-order chi connectivity index (χ1) is 13.0. The number of aliphatic imine (C=N–C) groups is 1. The molecule has 1 aromatic carbocycles. The lowest BCUT2D eigenvalue weighted by molar-refractivity contribution is -0.0502. The third-order valence-corrected chi connectivity index (χ3v) is 5.67. The zero-order valence-electron chi connectivity index (χ0n) is 15.8. The van der Waals surface area contributed by atoms with Crippen molar-refractivity contribution < 1.29 is 13.2 Å². The van der Waals surface area contributed by atoms with Crippen LogP contribution in [-0.2, 0) is 21.3 Å². The van der Waals surface area contributed by atoms with Crippen LogP contribution in [0.25, 0.3) is 0 Å². The summed E-state index contributed by atoms with van der Waals surface area (Å²) in [4.78, 5) is 9.07. The van der Waals surface area contributed by atoms with Crippen molar-refractivity contribution in [1.82, 2.24) is 15.1 Å². The first-order valence-electron chi connectivity index (χ1n) is 9.39. The van der Waals surface area contributed by atoms with Gasteiger partial charge in [0.15, 0.2) is 5.96 Å². The molecule has 27 heavy (non-hydrogen) atoms. The molecule has 9 heteroatoms. The largest absolute Gasteiger partial charge is 0.373 e. The van der Waals surface area contributed by atoms with Gasteiger partial charge in [-0.05, 0) is 12.5 Å². The first kappa shape index (κ1) is 20.1. The Hall–Kier alpha value is -1.68. The molecule has 0 amide bonds. The van der Waals surface area contributed by atoms with Crippen molar-refractivity contribution >= 4 is 16.0 Å². The number of likely N-dealkylation sites (tertiary alicyclic amines) is 1. The number of nitrogens with one attached hydrogen (secondary N) is 1. The molecule has 0 spiro atoms. The number of benzene rings is 1. The molecule has 0 aromatic heterocycles. The smallest absolute Gasteiger partial charge is 0.210 e. The molecule has 2 aliphatic rings. The summed E-state index contributed by atoms with van der Waals surface area (Å²) < 4.78 is 28.3. The van der Waals surface area contributed by atoms with Crippen LogP contribution in [0.1, 0.15) is 12.5 Å². The SMILES string of the molecule is CCNC(=NCCS(N)(=O)=O)N1CC2OCCN(Cc3ccccc3)C2C1. The summed E-state index contributed by atoms with van der Waals surface area (Å²) in [6.45, 7) is 6.95. The summed E-state index contributed by atoms with van der Waals surface area (Å²) in [6.07, 6.45) is 0.129. The average molecular weight is 396 g/mol. The zero-order valence-corrected chi connectivity index (χ0v) is 16.6. The lowest BCUT2D eigenvalue weighted by atomic mass is 10.1. The molecular formula is C18H29N5O3S. The van der Waals surface area contributed by atoms with Gasteiger partial charge >= 0.3 is 0 Å². The fourth-order valence-electron chi connectivity index (χ4n) is 3.65. The Morgan fingerprint density at radius 3 is 2.81 bits per heavy atom. The highest BCUT2D eigenvalue weighted by atomic mass is 32.2. The van der Waals surface area contributed by atoms with Crippen LogP contribution in [0.2, 0.25) is 0 Å². The summed E-state index contributed by atoms with van der Waals surface area (Å²) >= 11 is 0. The number of nitrogens with two attached hydrogens (primary N) is 1. The number of rotatable bonds is 6. The summed E-state index contributed by atoms with van der Waals surface area (Å²) in [7, 11) is -3.51. The minimum Gasteiger partial charge on any atom is -0.373 e. The number of sulfonamides is 1. The van der Waals surface area contributed by atoms with Crippen LogP contribution >= 0.6 is 0 Å². The molecule has 3 rings (SSSR count). The van der Waals surface area contributed by atoms with Crippen molar-refractivity contribution in [1.29, 1.82) is 0 Å². The second-order valence-electron chi connectivity index (χ2n) is 6.94. The molecule has 2 aliphatic heterocycles. The molecule has 0 aliphatic carbocycles. The molecule has 2 heterocycles. The molecule has 2 fully saturated rings. The van der Waals surface area contributed by atoms with Crippen molar-refractivity contribution in [2.24, 2.45) is 10.1 Å². The van der Waals surface area contributed by atoms with Gasteiger partial charge in [-0.3, -0.25) is 9.89 Å². The summed E-state index contributed by atoms with van der Waals surface area (Å²) in [5, 5.41) is 8.33. The van der Waals surface area contributed by atoms with E-state index in [2.05, 4.69) is 44.4 Å². The van der Waals surface area contributed by atoms with E-state index in [1.807, 2.05) is 13.0 Å². The fourth-order valence-corrected chi connectivity index (χ4v) is 4.00. The number of hydrogen-bond donors (Lipinski definition) is 2. The number of primary sulfonamides is 1. The maximum atomic E-state index is 11.2. The quantitative estimate of drug-likeness (QED) is 0.512. The molecule has 2 unspecified atom stereocenters. The Balaban J connectivity index is 1.66. The van der Waals surface area contributed by atoms with E-state index >= 15 is 0 Å². The Kier molecular flexibility index (Phi) is 6.69. The van der Waals surface area contributed by atoms with E-state index in [-0.39, 0.29) is 18.4 Å². The van der Waals surface area contributed by atoms with Gasteiger partial charge in [0, 0.05) is 32.7 Å². The normalized spacial score (nSPS) is 24.1. The Bertz CT molecular complexity index is 741. The monoisotopic (exact) mass is 395 g/mol. The minimum absolute atomic E-state index is 0.129. The predicted molar refractivity (Wildman–Crippen MR) is 106 cm³/mol. The summed E-state index contributed by atoms with van der Waals surface area (Å²) in [6, 6.07) is 10.8. The standard InChI is InChI=1S/C18H29N5O3S/c1-2-20-18(21-8-11-27(19,24)25)23-13-16-17(14-23)26-10-9-22(16)12-15-6-4-3-5-7-15/h3-7,16-17H,2,8-14H2,1H3,(H,20,21)(H2,19,24,25). The lowest BCUT2D eigenvalue weighted by Crippen LogP contribution is -2.50. The molecular weight excluding hydrogens is 366 g/mol. The maximum Gasteiger partial charge on any atom is 0.210 e. The van der Waals surface area contributed by atoms with Gasteiger partial charge in [0.05, 0.1) is 31.1 Å². The van der Waals surface area contributed by atoms with E-state index in [9.17, 15) is 8.42 Å². The Morgan fingerprint density at radius 2 is 2.11 bits per heavy atom. The summed E-state index contributed by atoms with van der Waals surface area (Å²) in [5.74, 6) is 0.568. The number of guanidine groups is 1. The van der Waals surface area contributed by atoms with Gasteiger partial charge in [-0.1, -0.05) is 30.3 Å². The van der Waals surface area contributed by atoms with Gasteiger partial charge in [0.25, 0.3) is 0 Å². The highest BCUT2D eigenvalue weighted by Crippen LogP contribution is 2.24. The van der Waals surface area contributed by atoms with Crippen molar-refractivity contribution in [2.45, 2.75) is 25.6 Å². The molecule has 3 N–H and O–H groups in total. The molecule has 0 saturated carbocycles. The Labute approximate surface area is 161 Å². The molecule has 1 aromatic rings. The average Bonchev–Trinajstić information content (AvgIpc) is 3.06. The van der Waals surface area contributed by atoms with Crippen LogP contribution in [0, 0.1) is 0 Å². The second-order valence-corrected chi connectivity index (χ2v) is 8.67. The number of morpholine rings is 1. The van der Waals surface area contributed by atoms with Crippen LogP contribution in [0.3, 0.4) is 0 Å². The molecule has 0 bridgehead atoms. The van der Waals surface area contributed by atoms with E-state index in [4.69, 9.17) is 9.88 Å². The van der Waals surface area contributed by atoms with Crippen LogP contribution in [0.4, 0.5) is 0 Å². The van der Waals surface area contributed by atoms with Gasteiger partial charge < -0.3 is 15.0 Å². The molecule has 2 atom stereocenters. The predicted octanol–water partition coefficient (Wildman–Crippen LogP) is -0.174. The zero-order chi connectivity index (χ0) is 19.3. The second kappa shape index (κ2) is 9.01. The number of fused-ring (bicyclic) bond motifs is 1. The highest BCUT2D eigenvalue weighted by Gasteiger charge is 2.41. The Morgan fingerprint density at radius 1 is 1.33 bits per heavy atom. The molecule has 8 nitrogen and oxygen atoms in total. The molecule has 2 saturated heterocycles. The number of hydrogen-bond acceptors (Lipinski definition) is 5. The number of ether oxygens (including phenoxy) is 1. The lowest BCUT2D eigenvalue weighted by Gasteiger charge is -2.36. The van der Waals surface area contributed by atoms with E-state index in [0.29, 0.717) is 12.6 Å². The third-order valence-electron chi connectivity index (χ3n) is 4.92. The van der Waals surface area contributed by atoms with E-state index in [1.165, 1.54) is 5.56 Å². The van der Waals surface area contributed by atoms with Gasteiger partial charge in [0.2, 0.25) is 10.0 Å². The van der Waals surface area contributed by atoms with Crippen molar-refractivity contribution in [3.8, 4) is 0 Å². The van der Waals surface area contributed by atoms with Gasteiger partial charge in [0.1, 0.15) is 0 Å². The molecule has 150 valence electrons. The van der Waals surface area contributed by atoms with Gasteiger partial charge in [-0.15, -0.1) is 0 Å². The van der Waals surface area contributed by atoms with E-state index in [1.54, 1.807) is 0 Å². The van der Waals surface area contributed by atoms with Gasteiger partial charge in [-0.2, -0.15) is 0 Å². The summed E-state index contributed by atoms with van der Waals surface area (Å²) in [5.41, 5.74) is 1.30. The van der Waals surface area contributed by atoms with Crippen molar-refractivity contribution in [2.75, 3.05) is 45.1 Å². The van der Waals surface area contributed by atoms with Crippen LogP contribution in [0.5, 0.6) is 0 Å². The highest BCUT2D eigenvalue weighted by molar-refractivity contribution is 7.89. The van der Waals surface area contributed by atoms with Crippen molar-refractivity contribution in [3.05, 3.63) is 35.9 Å². The van der Waals surface area contributed by atoms with Crippen molar-refractivity contribution in [3.63, 3.8) is 0 Å². The first-order valence-corrected chi connectivity index (χ1v) is 11.1. The fraction of sp³-hybridized carbons (Fsp3) is 0.611. The van der Waals surface area contributed by atoms with Crippen LogP contribution < -0.4 is 10.5 Å². The maximum absolute atomic E-state index is 11.2. The third kappa shape index (κ3) is 5.65. The van der Waals surface area contributed by atoms with E-state index in [0.717, 1.165) is 38.7 Å². The van der Waals surface area contributed by atoms with Gasteiger partial charge in [-0.25, -0.2) is 13.6 Å². The number of nitrogens with zero attached hydrogens (tertiary/aromatic N) is 3. The topological polar surface area (TPSA) is 100 Å². The van der Waals surface area contributed by atoms with Crippen LogP contribution in [-0.4, -0.2) is 81.4 Å². The van der Waals surface area contributed by atoms with E-state index < -0.39 is 10.0 Å². The van der Waals surface area contributed by atoms with Crippen LogP contribution in [0.15, 0.2) is 35.3 Å².